The molecule has 0 saturated carbocycles. The fourth-order valence-corrected chi connectivity index (χ4v) is 4.45. The first-order valence-corrected chi connectivity index (χ1v) is 11.2. The zero-order valence-corrected chi connectivity index (χ0v) is 17.4. The molecule has 1 aliphatic heterocycles. The minimum atomic E-state index is -3.59. The van der Waals surface area contributed by atoms with Crippen molar-refractivity contribution in [3.8, 4) is 0 Å². The third-order valence-electron chi connectivity index (χ3n) is 4.66. The van der Waals surface area contributed by atoms with Crippen LogP contribution in [0.15, 0.2) is 59.5 Å². The summed E-state index contributed by atoms with van der Waals surface area (Å²) in [6, 6.07) is 15.2. The number of carbonyl (C=O) groups is 2. The van der Waals surface area contributed by atoms with Gasteiger partial charge in [0.25, 0.3) is 5.91 Å². The highest BCUT2D eigenvalue weighted by Crippen LogP contribution is 2.17. The number of ether oxygens (including phenoxy) is 1. The van der Waals surface area contributed by atoms with Gasteiger partial charge in [0.15, 0.2) is 0 Å². The first-order valence-electron chi connectivity index (χ1n) is 9.73. The van der Waals surface area contributed by atoms with Gasteiger partial charge in [0.2, 0.25) is 15.9 Å². The van der Waals surface area contributed by atoms with Gasteiger partial charge in [0.1, 0.15) is 0 Å². The molecule has 30 heavy (non-hydrogen) atoms. The molecule has 160 valence electrons. The normalized spacial score (nSPS) is 14.8. The summed E-state index contributed by atoms with van der Waals surface area (Å²) in [5, 5.41) is 5.46. The van der Waals surface area contributed by atoms with Gasteiger partial charge in [-0.05, 0) is 29.8 Å². The van der Waals surface area contributed by atoms with Gasteiger partial charge in [-0.1, -0.05) is 30.3 Å². The Balaban J connectivity index is 1.45. The number of benzene rings is 2. The van der Waals surface area contributed by atoms with Crippen molar-refractivity contribution < 1.29 is 22.7 Å². The monoisotopic (exact) mass is 431 g/mol. The van der Waals surface area contributed by atoms with E-state index in [2.05, 4.69) is 10.6 Å². The zero-order chi connectivity index (χ0) is 21.4. The molecule has 0 atom stereocenters. The number of hydrogen-bond acceptors (Lipinski definition) is 5. The van der Waals surface area contributed by atoms with Crippen molar-refractivity contribution >= 4 is 21.8 Å². The van der Waals surface area contributed by atoms with E-state index >= 15 is 0 Å². The van der Waals surface area contributed by atoms with Crippen LogP contribution >= 0.6 is 0 Å². The van der Waals surface area contributed by atoms with E-state index in [1.54, 1.807) is 0 Å². The molecule has 1 heterocycles. The lowest BCUT2D eigenvalue weighted by Gasteiger charge is -2.26. The van der Waals surface area contributed by atoms with Gasteiger partial charge in [-0.15, -0.1) is 0 Å². The second-order valence-corrected chi connectivity index (χ2v) is 8.75. The second kappa shape index (κ2) is 10.3. The van der Waals surface area contributed by atoms with Gasteiger partial charge >= 0.3 is 0 Å². The maximum absolute atomic E-state index is 12.6. The Morgan fingerprint density at radius 3 is 2.20 bits per heavy atom. The average molecular weight is 432 g/mol. The molecule has 1 fully saturated rings. The molecule has 1 aliphatic rings. The van der Waals surface area contributed by atoms with E-state index in [9.17, 15) is 18.0 Å². The van der Waals surface area contributed by atoms with Gasteiger partial charge in [0, 0.05) is 31.7 Å². The van der Waals surface area contributed by atoms with Gasteiger partial charge in [-0.25, -0.2) is 8.42 Å². The summed E-state index contributed by atoms with van der Waals surface area (Å²) in [7, 11) is -3.59. The lowest BCUT2D eigenvalue weighted by atomic mass is 10.1. The number of hydrogen-bond donors (Lipinski definition) is 2. The van der Waals surface area contributed by atoms with E-state index < -0.39 is 10.0 Å². The molecule has 2 amide bonds. The Hall–Kier alpha value is -2.75. The van der Waals surface area contributed by atoms with Crippen LogP contribution in [-0.4, -0.2) is 63.9 Å². The Bertz CT molecular complexity index is 956. The standard InChI is InChI=1S/C21H25N3O5S/c25-20(16-17-4-2-1-3-5-17)22-10-11-23-21(26)18-6-8-19(9-7-18)30(27,28)24-12-14-29-15-13-24/h1-9H,10-16H2,(H,22,25)(H,23,26). The minimum Gasteiger partial charge on any atom is -0.379 e. The Kier molecular flexibility index (Phi) is 7.56. The van der Waals surface area contributed by atoms with Crippen molar-refractivity contribution in [2.75, 3.05) is 39.4 Å². The number of rotatable bonds is 8. The van der Waals surface area contributed by atoms with Gasteiger partial charge < -0.3 is 15.4 Å². The van der Waals surface area contributed by atoms with Crippen molar-refractivity contribution in [1.82, 2.24) is 14.9 Å². The molecule has 9 heteroatoms. The van der Waals surface area contributed by atoms with Gasteiger partial charge in [-0.2, -0.15) is 4.31 Å². The summed E-state index contributed by atoms with van der Waals surface area (Å²) < 4.78 is 31.8. The molecular formula is C21H25N3O5S. The first kappa shape index (κ1) is 21.9. The summed E-state index contributed by atoms with van der Waals surface area (Å²) in [5.41, 5.74) is 1.28. The molecule has 2 aromatic rings. The van der Waals surface area contributed by atoms with E-state index in [1.165, 1.54) is 28.6 Å². The van der Waals surface area contributed by atoms with E-state index in [1.807, 2.05) is 30.3 Å². The molecule has 2 N–H and O–H groups in total. The van der Waals surface area contributed by atoms with Crippen molar-refractivity contribution in [3.05, 3.63) is 65.7 Å². The molecular weight excluding hydrogens is 406 g/mol. The first-order chi connectivity index (χ1) is 14.5. The summed E-state index contributed by atoms with van der Waals surface area (Å²) in [6.07, 6.45) is 0.286. The van der Waals surface area contributed by atoms with Crippen molar-refractivity contribution in [2.24, 2.45) is 0 Å². The van der Waals surface area contributed by atoms with E-state index in [-0.39, 0.29) is 29.7 Å². The van der Waals surface area contributed by atoms with Crippen LogP contribution in [0.4, 0.5) is 0 Å². The Morgan fingerprint density at radius 2 is 1.53 bits per heavy atom. The fourth-order valence-electron chi connectivity index (χ4n) is 3.04. The predicted octanol–water partition coefficient (Wildman–Crippen LogP) is 0.796. The van der Waals surface area contributed by atoms with E-state index in [4.69, 9.17) is 4.74 Å². The topological polar surface area (TPSA) is 105 Å². The third-order valence-corrected chi connectivity index (χ3v) is 6.58. The highest BCUT2D eigenvalue weighted by atomic mass is 32.2. The van der Waals surface area contributed by atoms with Crippen LogP contribution in [0, 0.1) is 0 Å². The highest BCUT2D eigenvalue weighted by molar-refractivity contribution is 7.89. The number of carbonyl (C=O) groups excluding carboxylic acids is 2. The number of nitrogens with one attached hydrogen (secondary N) is 2. The SMILES string of the molecule is O=C(Cc1ccccc1)NCCNC(=O)c1ccc(S(=O)(=O)N2CCOCC2)cc1. The van der Waals surface area contributed by atoms with Crippen LogP contribution < -0.4 is 10.6 Å². The van der Waals surface area contributed by atoms with Crippen molar-refractivity contribution in [2.45, 2.75) is 11.3 Å². The number of sulfonamides is 1. The smallest absolute Gasteiger partial charge is 0.251 e. The fraction of sp³-hybridized carbons (Fsp3) is 0.333. The Morgan fingerprint density at radius 1 is 0.900 bits per heavy atom. The van der Waals surface area contributed by atoms with E-state index in [0.717, 1.165) is 5.56 Å². The van der Waals surface area contributed by atoms with Gasteiger partial charge in [0.05, 0.1) is 24.5 Å². The predicted molar refractivity (Wildman–Crippen MR) is 112 cm³/mol. The minimum absolute atomic E-state index is 0.117. The molecule has 0 unspecified atom stereocenters. The van der Waals surface area contributed by atoms with Crippen LogP contribution in [0.5, 0.6) is 0 Å². The molecule has 0 bridgehead atoms. The number of nitrogens with zero attached hydrogens (tertiary/aromatic N) is 1. The Labute approximate surface area is 176 Å². The lowest BCUT2D eigenvalue weighted by Crippen LogP contribution is -2.40. The summed E-state index contributed by atoms with van der Waals surface area (Å²) in [6.45, 7) is 1.97. The largest absolute Gasteiger partial charge is 0.379 e. The summed E-state index contributed by atoms with van der Waals surface area (Å²) in [5.74, 6) is -0.448. The summed E-state index contributed by atoms with van der Waals surface area (Å²) in [4.78, 5) is 24.3. The molecule has 8 nitrogen and oxygen atoms in total. The van der Waals surface area contributed by atoms with Gasteiger partial charge in [-0.3, -0.25) is 9.59 Å². The van der Waals surface area contributed by atoms with Crippen LogP contribution in [-0.2, 0) is 26.0 Å². The quantitative estimate of drug-likeness (QED) is 0.602. The molecule has 0 aliphatic carbocycles. The van der Waals surface area contributed by atoms with Crippen molar-refractivity contribution in [1.29, 1.82) is 0 Å². The number of morpholine rings is 1. The third kappa shape index (κ3) is 5.88. The zero-order valence-electron chi connectivity index (χ0n) is 16.5. The lowest BCUT2D eigenvalue weighted by molar-refractivity contribution is -0.120. The summed E-state index contributed by atoms with van der Waals surface area (Å²) >= 11 is 0. The van der Waals surface area contributed by atoms with Crippen LogP contribution in [0.1, 0.15) is 15.9 Å². The molecule has 0 radical (unpaired) electrons. The highest BCUT2D eigenvalue weighted by Gasteiger charge is 2.26. The van der Waals surface area contributed by atoms with Crippen LogP contribution in [0.2, 0.25) is 0 Å². The molecule has 2 aromatic carbocycles. The molecule has 0 aromatic heterocycles. The number of amides is 2. The second-order valence-electron chi connectivity index (χ2n) is 6.81. The van der Waals surface area contributed by atoms with E-state index in [0.29, 0.717) is 38.4 Å². The molecule has 3 rings (SSSR count). The molecule has 0 spiro atoms. The van der Waals surface area contributed by atoms with Crippen molar-refractivity contribution in [3.63, 3.8) is 0 Å². The van der Waals surface area contributed by atoms with Crippen LogP contribution in [0.3, 0.4) is 0 Å². The molecule has 1 saturated heterocycles. The maximum atomic E-state index is 12.6. The average Bonchev–Trinajstić information content (AvgIpc) is 2.78. The maximum Gasteiger partial charge on any atom is 0.251 e. The van der Waals surface area contributed by atoms with Crippen LogP contribution in [0.25, 0.3) is 0 Å².